The van der Waals surface area contributed by atoms with Gasteiger partial charge in [0.15, 0.2) is 17.5 Å². The van der Waals surface area contributed by atoms with Gasteiger partial charge in [-0.2, -0.15) is 0 Å². The van der Waals surface area contributed by atoms with Crippen molar-refractivity contribution in [2.75, 3.05) is 0 Å². The van der Waals surface area contributed by atoms with Crippen molar-refractivity contribution in [3.63, 3.8) is 0 Å². The summed E-state index contributed by atoms with van der Waals surface area (Å²) in [5.74, 6) is 1.94. The summed E-state index contributed by atoms with van der Waals surface area (Å²) >= 11 is 0. The summed E-state index contributed by atoms with van der Waals surface area (Å²) in [6.07, 6.45) is 0. The van der Waals surface area contributed by atoms with Crippen molar-refractivity contribution in [1.82, 2.24) is 19.5 Å². The van der Waals surface area contributed by atoms with Gasteiger partial charge in [-0.15, -0.1) is 0 Å². The van der Waals surface area contributed by atoms with Crippen molar-refractivity contribution in [3.05, 3.63) is 194 Å². The Morgan fingerprint density at radius 1 is 0.291 bits per heavy atom. The van der Waals surface area contributed by atoms with E-state index in [9.17, 15) is 0 Å². The van der Waals surface area contributed by atoms with Crippen molar-refractivity contribution >= 4 is 54.1 Å². The molecule has 2 heterocycles. The second-order valence-electron chi connectivity index (χ2n) is 14.0. The molecule has 0 N–H and O–H groups in total. The molecule has 0 atom stereocenters. The Morgan fingerprint density at radius 3 is 1.42 bits per heavy atom. The number of fused-ring (bicyclic) bond motifs is 9. The van der Waals surface area contributed by atoms with Crippen molar-refractivity contribution in [3.8, 4) is 51.0 Å². The lowest BCUT2D eigenvalue weighted by Crippen LogP contribution is -2.00. The van der Waals surface area contributed by atoms with E-state index in [0.29, 0.717) is 17.5 Å². The van der Waals surface area contributed by atoms with E-state index < -0.39 is 0 Å². The van der Waals surface area contributed by atoms with Crippen molar-refractivity contribution in [1.29, 1.82) is 0 Å². The smallest absolute Gasteiger partial charge is 0.164 e. The SMILES string of the molecule is c1ccc(-c2nc(-c3ccccc3)nc(-c3cccc4c3c3ccccc3n4-c3cccc(-c4ccc5c6ccccc6c6ccccc6c5c4)c3)n2)cc1. The van der Waals surface area contributed by atoms with Gasteiger partial charge in [-0.3, -0.25) is 0 Å². The average molecular weight is 701 g/mol. The second-order valence-corrected chi connectivity index (χ2v) is 14.0. The van der Waals surface area contributed by atoms with Gasteiger partial charge in [0.2, 0.25) is 0 Å². The zero-order valence-electron chi connectivity index (χ0n) is 29.8. The molecule has 0 fully saturated rings. The Morgan fingerprint density at radius 2 is 0.764 bits per heavy atom. The third kappa shape index (κ3) is 5.11. The molecule has 0 spiro atoms. The zero-order chi connectivity index (χ0) is 36.3. The molecule has 0 aliphatic rings. The standard InChI is InChI=1S/C51H32N4/c1-3-15-33(16-4-1)49-52-50(34-17-5-2-6-18-34)54-51(53-49)44-26-14-28-47-48(44)43-25-11-12-27-46(43)55(47)37-20-13-19-35(31-37)36-29-30-42-40-23-8-7-21-38(40)39-22-9-10-24-41(39)45(42)32-36/h1-32H. The van der Waals surface area contributed by atoms with Gasteiger partial charge in [0.05, 0.1) is 11.0 Å². The highest BCUT2D eigenvalue weighted by Crippen LogP contribution is 2.40. The molecule has 11 rings (SSSR count). The van der Waals surface area contributed by atoms with Crippen LogP contribution >= 0.6 is 0 Å². The van der Waals surface area contributed by atoms with E-state index >= 15 is 0 Å². The van der Waals surface area contributed by atoms with Crippen LogP contribution in [-0.4, -0.2) is 19.5 Å². The van der Waals surface area contributed by atoms with Crippen LogP contribution in [0.2, 0.25) is 0 Å². The average Bonchev–Trinajstić information content (AvgIpc) is 3.61. The zero-order valence-corrected chi connectivity index (χ0v) is 29.8. The fourth-order valence-electron chi connectivity index (χ4n) is 8.32. The number of hydrogen-bond acceptors (Lipinski definition) is 3. The monoisotopic (exact) mass is 700 g/mol. The van der Waals surface area contributed by atoms with Crippen LogP contribution in [0.1, 0.15) is 0 Å². The van der Waals surface area contributed by atoms with Crippen LogP contribution in [0.15, 0.2) is 194 Å². The normalized spacial score (nSPS) is 11.6. The van der Waals surface area contributed by atoms with Crippen molar-refractivity contribution in [2.24, 2.45) is 0 Å². The van der Waals surface area contributed by atoms with Gasteiger partial charge >= 0.3 is 0 Å². The predicted octanol–water partition coefficient (Wildman–Crippen LogP) is 13.1. The molecule has 2 aromatic heterocycles. The van der Waals surface area contributed by atoms with E-state index in [0.717, 1.165) is 49.7 Å². The summed E-state index contributed by atoms with van der Waals surface area (Å²) in [4.78, 5) is 15.2. The minimum Gasteiger partial charge on any atom is -0.309 e. The summed E-state index contributed by atoms with van der Waals surface area (Å²) in [5, 5.41) is 9.91. The van der Waals surface area contributed by atoms with Crippen LogP contribution in [0.25, 0.3) is 105 Å². The Hall–Kier alpha value is -7.43. The number of para-hydroxylation sites is 1. The molecule has 0 bridgehead atoms. The molecule has 0 aliphatic heterocycles. The first-order valence-corrected chi connectivity index (χ1v) is 18.6. The van der Waals surface area contributed by atoms with E-state index in [1.165, 1.54) is 37.9 Å². The van der Waals surface area contributed by atoms with Crippen molar-refractivity contribution in [2.45, 2.75) is 0 Å². The summed E-state index contributed by atoms with van der Waals surface area (Å²) in [7, 11) is 0. The topological polar surface area (TPSA) is 43.6 Å². The van der Waals surface area contributed by atoms with Crippen molar-refractivity contribution < 1.29 is 0 Å². The largest absolute Gasteiger partial charge is 0.309 e. The minimum absolute atomic E-state index is 0.644. The first-order chi connectivity index (χ1) is 27.3. The van der Waals surface area contributed by atoms with Gasteiger partial charge in [0.1, 0.15) is 0 Å². The van der Waals surface area contributed by atoms with Gasteiger partial charge < -0.3 is 4.57 Å². The van der Waals surface area contributed by atoms with Gasteiger partial charge in [-0.1, -0.05) is 164 Å². The fraction of sp³-hybridized carbons (Fsp3) is 0. The van der Waals surface area contributed by atoms with Gasteiger partial charge in [0.25, 0.3) is 0 Å². The molecule has 0 unspecified atom stereocenters. The minimum atomic E-state index is 0.644. The summed E-state index contributed by atoms with van der Waals surface area (Å²) in [5.41, 5.74) is 8.52. The molecule has 0 amide bonds. The lowest BCUT2D eigenvalue weighted by molar-refractivity contribution is 1.08. The maximum absolute atomic E-state index is 5.13. The molecule has 256 valence electrons. The lowest BCUT2D eigenvalue weighted by atomic mass is 9.92. The highest BCUT2D eigenvalue weighted by atomic mass is 15.0. The molecular weight excluding hydrogens is 669 g/mol. The molecule has 4 heteroatoms. The molecule has 0 saturated heterocycles. The summed E-state index contributed by atoms with van der Waals surface area (Å²) in [6, 6.07) is 68.7. The van der Waals surface area contributed by atoms with Crippen LogP contribution in [0.5, 0.6) is 0 Å². The van der Waals surface area contributed by atoms with E-state index in [2.05, 4.69) is 138 Å². The molecule has 9 aromatic carbocycles. The van der Waals surface area contributed by atoms with Crippen LogP contribution < -0.4 is 0 Å². The Labute approximate surface area is 317 Å². The maximum atomic E-state index is 5.13. The number of nitrogens with zero attached hydrogens (tertiary/aromatic N) is 4. The quantitative estimate of drug-likeness (QED) is 0.168. The molecular formula is C51H32N4. The van der Waals surface area contributed by atoms with Crippen LogP contribution in [-0.2, 0) is 0 Å². The number of rotatable bonds is 5. The molecule has 11 aromatic rings. The van der Waals surface area contributed by atoms with E-state index in [1.54, 1.807) is 0 Å². The van der Waals surface area contributed by atoms with E-state index in [4.69, 9.17) is 15.0 Å². The summed E-state index contributed by atoms with van der Waals surface area (Å²) in [6.45, 7) is 0. The third-order valence-electron chi connectivity index (χ3n) is 10.8. The molecule has 0 aliphatic carbocycles. The first-order valence-electron chi connectivity index (χ1n) is 18.6. The summed E-state index contributed by atoms with van der Waals surface area (Å²) < 4.78 is 2.37. The van der Waals surface area contributed by atoms with Gasteiger partial charge in [0, 0.05) is 33.2 Å². The van der Waals surface area contributed by atoms with Gasteiger partial charge in [-0.25, -0.2) is 15.0 Å². The Bertz CT molecular complexity index is 3160. The second kappa shape index (κ2) is 12.6. The van der Waals surface area contributed by atoms with E-state index in [-0.39, 0.29) is 0 Å². The van der Waals surface area contributed by atoms with Gasteiger partial charge in [-0.05, 0) is 73.8 Å². The van der Waals surface area contributed by atoms with E-state index in [1.807, 2.05) is 60.7 Å². The Kier molecular flexibility index (Phi) is 7.14. The highest BCUT2D eigenvalue weighted by molar-refractivity contribution is 6.25. The van der Waals surface area contributed by atoms with Crippen LogP contribution in [0, 0.1) is 0 Å². The molecule has 0 saturated carbocycles. The van der Waals surface area contributed by atoms with Crippen LogP contribution in [0.4, 0.5) is 0 Å². The highest BCUT2D eigenvalue weighted by Gasteiger charge is 2.20. The maximum Gasteiger partial charge on any atom is 0.164 e. The first kappa shape index (κ1) is 31.1. The molecule has 55 heavy (non-hydrogen) atoms. The number of benzene rings is 9. The molecule has 0 radical (unpaired) electrons. The Balaban J connectivity index is 1.11. The lowest BCUT2D eigenvalue weighted by Gasteiger charge is -2.13. The number of hydrogen-bond donors (Lipinski definition) is 0. The predicted molar refractivity (Wildman–Crippen MR) is 228 cm³/mol. The molecule has 4 nitrogen and oxygen atoms in total. The number of aromatic nitrogens is 4. The fourth-order valence-corrected chi connectivity index (χ4v) is 8.32. The third-order valence-corrected chi connectivity index (χ3v) is 10.8. The van der Waals surface area contributed by atoms with Crippen LogP contribution in [0.3, 0.4) is 0 Å².